The molecule has 15 nitrogen and oxygen atoms in total. The molecule has 0 aromatic heterocycles. The molecule has 1 aromatic carbocycles. The van der Waals surface area contributed by atoms with E-state index in [-0.39, 0.29) is 30.0 Å². The van der Waals surface area contributed by atoms with Crippen molar-refractivity contribution in [2.45, 2.75) is 51.2 Å². The first-order valence-electron chi connectivity index (χ1n) is 11.0. The van der Waals surface area contributed by atoms with E-state index in [2.05, 4.69) is 21.1 Å². The number of nitrogens with zero attached hydrogens (tertiary/aromatic N) is 2. The van der Waals surface area contributed by atoms with Gasteiger partial charge in [0, 0.05) is 24.5 Å². The Labute approximate surface area is 205 Å². The zero-order valence-corrected chi connectivity index (χ0v) is 19.7. The molecule has 0 saturated carbocycles. The number of nitrogens with two attached hydrogens (primary N) is 2. The van der Waals surface area contributed by atoms with Crippen LogP contribution in [0.5, 0.6) is 5.75 Å². The minimum absolute atomic E-state index is 0.0488. The van der Waals surface area contributed by atoms with Crippen LogP contribution < -0.4 is 37.4 Å². The van der Waals surface area contributed by atoms with Crippen LogP contribution in [0.3, 0.4) is 0 Å². The van der Waals surface area contributed by atoms with E-state index in [9.17, 15) is 34.4 Å². The Bertz CT molecular complexity index is 1060. The van der Waals surface area contributed by atoms with Crippen LogP contribution in [-0.4, -0.2) is 59.2 Å². The highest BCUT2D eigenvalue weighted by atomic mass is 16.6. The Hall–Kier alpha value is -4.43. The van der Waals surface area contributed by atoms with Crippen LogP contribution in [0.15, 0.2) is 23.3 Å². The molecule has 0 saturated heterocycles. The summed E-state index contributed by atoms with van der Waals surface area (Å²) in [6.45, 7) is 3.20. The zero-order chi connectivity index (χ0) is 27.0. The summed E-state index contributed by atoms with van der Waals surface area (Å²) in [7, 11) is 0. The summed E-state index contributed by atoms with van der Waals surface area (Å²) >= 11 is 0. The highest BCUT2D eigenvalue weighted by molar-refractivity contribution is 6.01. The van der Waals surface area contributed by atoms with Gasteiger partial charge in [0.1, 0.15) is 17.8 Å². The van der Waals surface area contributed by atoms with Crippen molar-refractivity contribution in [2.24, 2.45) is 22.6 Å². The van der Waals surface area contributed by atoms with Gasteiger partial charge in [-0.05, 0) is 12.0 Å². The molecular weight excluding hydrogens is 478 g/mol. The molecule has 1 heterocycles. The van der Waals surface area contributed by atoms with Gasteiger partial charge in [-0.2, -0.15) is 0 Å². The van der Waals surface area contributed by atoms with Gasteiger partial charge in [0.15, 0.2) is 0 Å². The number of ether oxygens (including phenoxy) is 1. The second kappa shape index (κ2) is 12.3. The van der Waals surface area contributed by atoms with Gasteiger partial charge in [-0.3, -0.25) is 29.3 Å². The molecule has 7 N–H and O–H groups in total. The average Bonchev–Trinajstić information content (AvgIpc) is 2.84. The number of hydrogen-bond acceptors (Lipinski definition) is 10. The molecule has 0 radical (unpaired) electrons. The van der Waals surface area contributed by atoms with Crippen LogP contribution >= 0.6 is 0 Å². The highest BCUT2D eigenvalue weighted by Crippen LogP contribution is 2.25. The molecule has 0 aliphatic carbocycles. The molecule has 1 aliphatic rings. The van der Waals surface area contributed by atoms with Gasteiger partial charge < -0.3 is 37.4 Å². The van der Waals surface area contributed by atoms with E-state index in [0.29, 0.717) is 6.42 Å². The fourth-order valence-corrected chi connectivity index (χ4v) is 3.43. The first kappa shape index (κ1) is 27.8. The zero-order valence-electron chi connectivity index (χ0n) is 19.7. The predicted molar refractivity (Wildman–Crippen MR) is 123 cm³/mol. The summed E-state index contributed by atoms with van der Waals surface area (Å²) in [5, 5.41) is 33.8. The van der Waals surface area contributed by atoms with Gasteiger partial charge in [-0.25, -0.2) is 5.10 Å². The molecule has 0 spiro atoms. The van der Waals surface area contributed by atoms with Crippen molar-refractivity contribution in [3.63, 3.8) is 0 Å². The van der Waals surface area contributed by atoms with Gasteiger partial charge in [0.2, 0.25) is 17.7 Å². The lowest BCUT2D eigenvalue weighted by atomic mass is 9.97. The normalized spacial score (nSPS) is 22.6. The Morgan fingerprint density at radius 3 is 2.53 bits per heavy atom. The maximum Gasteiger partial charge on any atom is 0.270 e. The lowest BCUT2D eigenvalue weighted by Gasteiger charge is -2.29. The molecule has 1 aliphatic heterocycles. The number of primary amides is 1. The first-order valence-corrected chi connectivity index (χ1v) is 11.0. The number of non-ortho nitro benzene ring substituents is 1. The number of fused-ring (bicyclic) bond motifs is 1. The highest BCUT2D eigenvalue weighted by Gasteiger charge is 2.33. The third-order valence-corrected chi connectivity index (χ3v) is 5.64. The van der Waals surface area contributed by atoms with Crippen molar-refractivity contribution in [2.75, 3.05) is 6.61 Å². The average molecular weight is 506 g/mol. The van der Waals surface area contributed by atoms with Gasteiger partial charge in [-0.15, -0.1) is 0 Å². The maximum atomic E-state index is 13.1. The van der Waals surface area contributed by atoms with Crippen molar-refractivity contribution < 1.29 is 33.9 Å². The molecule has 2 rings (SSSR count). The lowest BCUT2D eigenvalue weighted by Crippen LogP contribution is -2.58. The number of hydrogen-bond donors (Lipinski definition) is 5. The monoisotopic (exact) mass is 506 g/mol. The van der Waals surface area contributed by atoms with E-state index in [0.717, 1.165) is 12.1 Å². The molecule has 4 amide bonds. The smallest absolute Gasteiger partial charge is 0.270 e. The van der Waals surface area contributed by atoms with Gasteiger partial charge in [-0.1, -0.05) is 20.3 Å². The van der Waals surface area contributed by atoms with Crippen LogP contribution in [0.1, 0.15) is 43.5 Å². The topological polar surface area (TPSA) is 244 Å². The number of nitrogens with one attached hydrogen (secondary N) is 3. The van der Waals surface area contributed by atoms with Crippen molar-refractivity contribution in [1.82, 2.24) is 16.0 Å². The standard InChI is InChI=1S/C21H29N7O8/c1-3-10(2)17-21(33)25-14(9-16(22)29)19(31)24-13(20(32)27-23)6-7-36-15-5-4-11(28(34)35)8-12(15)18(30)26-17/h4-5,8,10,13-14,17H,3,6-7,9,23H2,1-2H3,(H2,22,29)(H,24,31)(H,25,33)(H,26,30)(H,27,32)/p-1/t10?,13?,14?,17-/m0/s1. The second-order valence-corrected chi connectivity index (χ2v) is 8.17. The SMILES string of the molecule is CCC(C)[C@@H]1NC(=O)c2cc([N+](=O)[O-])ccc2OCCC(/C([O-])=N/N)NC(=O)C(CC(N)=O)NC1=O. The number of nitro groups is 1. The van der Waals surface area contributed by atoms with Gasteiger partial charge in [0.05, 0.1) is 29.6 Å². The van der Waals surface area contributed by atoms with E-state index < -0.39 is 64.9 Å². The molecule has 196 valence electrons. The Balaban J connectivity index is 2.57. The van der Waals surface area contributed by atoms with Crippen LogP contribution in [-0.2, 0) is 14.4 Å². The lowest BCUT2D eigenvalue weighted by molar-refractivity contribution is -0.384. The van der Waals surface area contributed by atoms with E-state index >= 15 is 0 Å². The van der Waals surface area contributed by atoms with Crippen molar-refractivity contribution >= 4 is 35.2 Å². The number of amides is 4. The number of carbonyl (C=O) groups is 4. The fourth-order valence-electron chi connectivity index (χ4n) is 3.43. The Kier molecular flexibility index (Phi) is 9.52. The van der Waals surface area contributed by atoms with Gasteiger partial charge in [0.25, 0.3) is 11.6 Å². The van der Waals surface area contributed by atoms with Gasteiger partial charge >= 0.3 is 0 Å². The third kappa shape index (κ3) is 7.04. The van der Waals surface area contributed by atoms with Crippen molar-refractivity contribution in [1.29, 1.82) is 0 Å². The van der Waals surface area contributed by atoms with E-state index in [1.807, 2.05) is 0 Å². The summed E-state index contributed by atoms with van der Waals surface area (Å²) < 4.78 is 5.59. The summed E-state index contributed by atoms with van der Waals surface area (Å²) in [4.78, 5) is 61.2. The number of rotatable bonds is 6. The van der Waals surface area contributed by atoms with Crippen LogP contribution in [0.2, 0.25) is 0 Å². The molecule has 36 heavy (non-hydrogen) atoms. The van der Waals surface area contributed by atoms with E-state index in [1.165, 1.54) is 6.07 Å². The maximum absolute atomic E-state index is 13.1. The number of hydrazone groups is 1. The molecule has 15 heteroatoms. The fraction of sp³-hybridized carbons (Fsp3) is 0.476. The molecule has 1 aromatic rings. The number of benzene rings is 1. The predicted octanol–water partition coefficient (Wildman–Crippen LogP) is -2.00. The summed E-state index contributed by atoms with van der Waals surface area (Å²) in [6, 6.07) is -0.623. The Morgan fingerprint density at radius 1 is 1.25 bits per heavy atom. The minimum atomic E-state index is -1.47. The second-order valence-electron chi connectivity index (χ2n) is 8.17. The van der Waals surface area contributed by atoms with Crippen molar-refractivity contribution in [3.8, 4) is 5.75 Å². The van der Waals surface area contributed by atoms with Crippen LogP contribution in [0, 0.1) is 16.0 Å². The third-order valence-electron chi connectivity index (χ3n) is 5.64. The van der Waals surface area contributed by atoms with Crippen molar-refractivity contribution in [3.05, 3.63) is 33.9 Å². The summed E-state index contributed by atoms with van der Waals surface area (Å²) in [5.74, 6) is 0.208. The van der Waals surface area contributed by atoms with Crippen LogP contribution in [0.25, 0.3) is 0 Å². The molecular formula is C21H28N7O8-. The molecule has 3 unspecified atom stereocenters. The first-order chi connectivity index (χ1) is 17.0. The van der Waals surface area contributed by atoms with E-state index in [1.54, 1.807) is 13.8 Å². The molecule has 0 fully saturated rings. The Morgan fingerprint density at radius 2 is 1.94 bits per heavy atom. The summed E-state index contributed by atoms with van der Waals surface area (Å²) in [5.41, 5.74) is 4.62. The number of carbonyl (C=O) groups excluding carboxylic acids is 4. The minimum Gasteiger partial charge on any atom is -0.859 e. The molecule has 0 bridgehead atoms. The largest absolute Gasteiger partial charge is 0.859 e. The van der Waals surface area contributed by atoms with Crippen LogP contribution in [0.4, 0.5) is 5.69 Å². The van der Waals surface area contributed by atoms with E-state index in [4.69, 9.17) is 16.3 Å². The molecule has 4 atom stereocenters. The summed E-state index contributed by atoms with van der Waals surface area (Å²) in [6.07, 6.45) is -0.334. The number of nitro benzene ring substituents is 1. The quantitative estimate of drug-likeness (QED) is 0.0939.